The third kappa shape index (κ3) is 1.24. The van der Waals surface area contributed by atoms with Gasteiger partial charge in [-0.15, -0.1) is 12.3 Å². The van der Waals surface area contributed by atoms with E-state index in [1.165, 1.54) is 5.56 Å². The lowest BCUT2D eigenvalue weighted by Gasteiger charge is -2.20. The monoisotopic (exact) mass is 172 g/mol. The van der Waals surface area contributed by atoms with Crippen molar-refractivity contribution in [1.82, 2.24) is 0 Å². The molecule has 1 heteroatoms. The van der Waals surface area contributed by atoms with Crippen molar-refractivity contribution in [3.8, 4) is 12.3 Å². The molecule has 2 rings (SSSR count). The van der Waals surface area contributed by atoms with Gasteiger partial charge in [0.05, 0.1) is 0 Å². The van der Waals surface area contributed by atoms with Crippen LogP contribution in [0.15, 0.2) is 24.3 Å². The molecular formula is C12H12O. The predicted octanol–water partition coefficient (Wildman–Crippen LogP) is 1.84. The molecule has 1 aromatic rings. The molecule has 0 aliphatic heterocycles. The molecule has 0 saturated heterocycles. The lowest BCUT2D eigenvalue weighted by molar-refractivity contribution is 0.0441. The second-order valence-electron chi connectivity index (χ2n) is 3.57. The summed E-state index contributed by atoms with van der Waals surface area (Å²) in [7, 11) is 0. The number of aryl methyl sites for hydroxylation is 1. The lowest BCUT2D eigenvalue weighted by Crippen LogP contribution is -2.21. The molecule has 66 valence electrons. The van der Waals surface area contributed by atoms with Crippen molar-refractivity contribution in [1.29, 1.82) is 0 Å². The van der Waals surface area contributed by atoms with Crippen LogP contribution in [0.1, 0.15) is 24.0 Å². The molecule has 1 N–H and O–H groups in total. The first-order valence-electron chi connectivity index (χ1n) is 4.50. The minimum Gasteiger partial charge on any atom is -0.384 e. The molecule has 1 unspecified atom stereocenters. The highest BCUT2D eigenvalue weighted by atomic mass is 16.3. The second-order valence-corrected chi connectivity index (χ2v) is 3.57. The van der Waals surface area contributed by atoms with Crippen LogP contribution in [-0.2, 0) is 12.0 Å². The number of terminal acetylenes is 1. The van der Waals surface area contributed by atoms with Crippen LogP contribution in [0, 0.1) is 12.3 Å². The summed E-state index contributed by atoms with van der Waals surface area (Å²) in [4.78, 5) is 0. The zero-order valence-electron chi connectivity index (χ0n) is 7.46. The first-order valence-corrected chi connectivity index (χ1v) is 4.50. The molecule has 1 aliphatic rings. The van der Waals surface area contributed by atoms with Crippen molar-refractivity contribution in [2.45, 2.75) is 24.9 Å². The van der Waals surface area contributed by atoms with Gasteiger partial charge in [-0.05, 0) is 24.0 Å². The molecule has 0 amide bonds. The van der Waals surface area contributed by atoms with Crippen LogP contribution >= 0.6 is 0 Å². The molecule has 1 aliphatic carbocycles. The van der Waals surface area contributed by atoms with Crippen LogP contribution in [0.3, 0.4) is 0 Å². The highest BCUT2D eigenvalue weighted by Gasteiger charge is 2.35. The van der Waals surface area contributed by atoms with Crippen molar-refractivity contribution in [2.24, 2.45) is 0 Å². The maximum atomic E-state index is 10.2. The molecule has 0 aromatic heterocycles. The Balaban J connectivity index is 2.44. The van der Waals surface area contributed by atoms with E-state index in [1.54, 1.807) is 0 Å². The summed E-state index contributed by atoms with van der Waals surface area (Å²) < 4.78 is 0. The van der Waals surface area contributed by atoms with Gasteiger partial charge in [0, 0.05) is 6.42 Å². The highest BCUT2D eigenvalue weighted by molar-refractivity contribution is 5.37. The van der Waals surface area contributed by atoms with Crippen molar-refractivity contribution in [3.05, 3.63) is 35.4 Å². The Morgan fingerprint density at radius 3 is 3.00 bits per heavy atom. The van der Waals surface area contributed by atoms with Crippen molar-refractivity contribution >= 4 is 0 Å². The quantitative estimate of drug-likeness (QED) is 0.641. The van der Waals surface area contributed by atoms with E-state index < -0.39 is 5.60 Å². The summed E-state index contributed by atoms with van der Waals surface area (Å²) in [6.07, 6.45) is 7.36. The molecule has 0 radical (unpaired) electrons. The van der Waals surface area contributed by atoms with E-state index in [2.05, 4.69) is 12.0 Å². The first kappa shape index (κ1) is 8.34. The average Bonchev–Trinajstić information content (AvgIpc) is 2.46. The fraction of sp³-hybridized carbons (Fsp3) is 0.333. The maximum Gasteiger partial charge on any atom is 0.101 e. The van der Waals surface area contributed by atoms with Crippen molar-refractivity contribution in [2.75, 3.05) is 0 Å². The maximum absolute atomic E-state index is 10.2. The number of fused-ring (bicyclic) bond motifs is 1. The van der Waals surface area contributed by atoms with Gasteiger partial charge < -0.3 is 5.11 Å². The van der Waals surface area contributed by atoms with E-state index in [0.717, 1.165) is 18.4 Å². The van der Waals surface area contributed by atoms with E-state index in [1.807, 2.05) is 18.2 Å². The van der Waals surface area contributed by atoms with E-state index >= 15 is 0 Å². The van der Waals surface area contributed by atoms with E-state index in [9.17, 15) is 5.11 Å². The molecule has 1 nitrogen and oxygen atoms in total. The molecule has 0 fully saturated rings. The molecule has 0 heterocycles. The Morgan fingerprint density at radius 2 is 2.23 bits per heavy atom. The highest BCUT2D eigenvalue weighted by Crippen LogP contribution is 2.38. The van der Waals surface area contributed by atoms with Gasteiger partial charge >= 0.3 is 0 Å². The Morgan fingerprint density at radius 1 is 1.46 bits per heavy atom. The number of hydrogen-bond acceptors (Lipinski definition) is 1. The van der Waals surface area contributed by atoms with Crippen LogP contribution in [0.25, 0.3) is 0 Å². The molecule has 1 aromatic carbocycles. The number of aliphatic hydroxyl groups is 1. The standard InChI is InChI=1S/C12H12O/c1-2-8-12(13)9-7-10-5-3-4-6-11(10)12/h1,3-6,13H,7-9H2. The van der Waals surface area contributed by atoms with Crippen molar-refractivity contribution < 1.29 is 5.11 Å². The third-order valence-electron chi connectivity index (χ3n) is 2.72. The van der Waals surface area contributed by atoms with Gasteiger partial charge in [0.1, 0.15) is 5.60 Å². The summed E-state index contributed by atoms with van der Waals surface area (Å²) in [5, 5.41) is 10.2. The minimum atomic E-state index is -0.759. The lowest BCUT2D eigenvalue weighted by atomic mass is 9.93. The zero-order valence-corrected chi connectivity index (χ0v) is 7.46. The fourth-order valence-electron chi connectivity index (χ4n) is 2.02. The number of hydrogen-bond donors (Lipinski definition) is 1. The van der Waals surface area contributed by atoms with Gasteiger partial charge in [-0.2, -0.15) is 0 Å². The van der Waals surface area contributed by atoms with Crippen LogP contribution in [0.2, 0.25) is 0 Å². The Bertz CT molecular complexity index is 362. The fourth-order valence-corrected chi connectivity index (χ4v) is 2.02. The number of benzene rings is 1. The smallest absolute Gasteiger partial charge is 0.101 e. The van der Waals surface area contributed by atoms with Gasteiger partial charge in [-0.1, -0.05) is 24.3 Å². The van der Waals surface area contributed by atoms with Gasteiger partial charge in [0.2, 0.25) is 0 Å². The summed E-state index contributed by atoms with van der Waals surface area (Å²) in [5.41, 5.74) is 1.50. The van der Waals surface area contributed by atoms with Crippen LogP contribution in [-0.4, -0.2) is 5.11 Å². The van der Waals surface area contributed by atoms with Crippen molar-refractivity contribution in [3.63, 3.8) is 0 Å². The molecular weight excluding hydrogens is 160 g/mol. The largest absolute Gasteiger partial charge is 0.384 e. The normalized spacial score (nSPS) is 25.2. The Kier molecular flexibility index (Phi) is 1.86. The topological polar surface area (TPSA) is 20.2 Å². The second kappa shape index (κ2) is 2.90. The Labute approximate surface area is 78.4 Å². The molecule has 0 spiro atoms. The molecule has 13 heavy (non-hydrogen) atoms. The zero-order chi connectivity index (χ0) is 9.31. The third-order valence-corrected chi connectivity index (χ3v) is 2.72. The molecule has 0 saturated carbocycles. The van der Waals surface area contributed by atoms with Gasteiger partial charge in [-0.25, -0.2) is 0 Å². The van der Waals surface area contributed by atoms with Crippen LogP contribution < -0.4 is 0 Å². The molecule has 0 bridgehead atoms. The molecule has 1 atom stereocenters. The summed E-state index contributed by atoms with van der Waals surface area (Å²) in [5.74, 6) is 2.54. The SMILES string of the molecule is C#CCC1(O)CCc2ccccc21. The van der Waals surface area contributed by atoms with E-state index in [0.29, 0.717) is 6.42 Å². The Hall–Kier alpha value is -1.26. The predicted molar refractivity (Wildman–Crippen MR) is 52.1 cm³/mol. The summed E-state index contributed by atoms with van der Waals surface area (Å²) in [6, 6.07) is 7.98. The van der Waals surface area contributed by atoms with Gasteiger partial charge in [0.15, 0.2) is 0 Å². The minimum absolute atomic E-state index is 0.421. The first-order chi connectivity index (χ1) is 6.26. The van der Waals surface area contributed by atoms with E-state index in [-0.39, 0.29) is 0 Å². The van der Waals surface area contributed by atoms with Crippen LogP contribution in [0.4, 0.5) is 0 Å². The van der Waals surface area contributed by atoms with Crippen LogP contribution in [0.5, 0.6) is 0 Å². The summed E-state index contributed by atoms with van der Waals surface area (Å²) >= 11 is 0. The van der Waals surface area contributed by atoms with Gasteiger partial charge in [-0.3, -0.25) is 0 Å². The van der Waals surface area contributed by atoms with Gasteiger partial charge in [0.25, 0.3) is 0 Å². The average molecular weight is 172 g/mol. The number of rotatable bonds is 1. The summed E-state index contributed by atoms with van der Waals surface area (Å²) in [6.45, 7) is 0. The van der Waals surface area contributed by atoms with E-state index in [4.69, 9.17) is 6.42 Å².